The van der Waals surface area contributed by atoms with E-state index in [4.69, 9.17) is 0 Å². The van der Waals surface area contributed by atoms with Gasteiger partial charge >= 0.3 is 5.97 Å². The molecule has 0 amide bonds. The Kier molecular flexibility index (Phi) is 4.68. The van der Waals surface area contributed by atoms with Gasteiger partial charge in [0.1, 0.15) is 5.60 Å². The zero-order valence-corrected chi connectivity index (χ0v) is 9.91. The smallest absolute Gasteiger partial charge is 0.343 e. The monoisotopic (exact) mass is 233 g/mol. The van der Waals surface area contributed by atoms with Gasteiger partial charge < -0.3 is 14.7 Å². The molecule has 0 aromatic heterocycles. The van der Waals surface area contributed by atoms with E-state index in [0.29, 0.717) is 13.1 Å². The van der Waals surface area contributed by atoms with E-state index in [-0.39, 0.29) is 19.4 Å². The Morgan fingerprint density at radius 3 is 2.50 bits per heavy atom. The SMILES string of the molecule is CCOC(=O)C(F)C1(O)CCN(CC)CC1. The van der Waals surface area contributed by atoms with Crippen molar-refractivity contribution in [2.75, 3.05) is 26.2 Å². The number of halogens is 1. The van der Waals surface area contributed by atoms with Crippen molar-refractivity contribution in [2.45, 2.75) is 38.5 Å². The summed E-state index contributed by atoms with van der Waals surface area (Å²) < 4.78 is 18.3. The standard InChI is InChI=1S/C11H20FNO3/c1-3-13-7-5-11(15,6-8-13)9(12)10(14)16-4-2/h9,15H,3-8H2,1-2H3. The quantitative estimate of drug-likeness (QED) is 0.727. The Balaban J connectivity index is 2.55. The average Bonchev–Trinajstić information content (AvgIpc) is 2.29. The summed E-state index contributed by atoms with van der Waals surface area (Å²) in [7, 11) is 0. The highest BCUT2D eigenvalue weighted by Crippen LogP contribution is 2.28. The lowest BCUT2D eigenvalue weighted by molar-refractivity contribution is -0.164. The topological polar surface area (TPSA) is 49.8 Å². The molecule has 1 atom stereocenters. The van der Waals surface area contributed by atoms with Gasteiger partial charge in [-0.25, -0.2) is 9.18 Å². The molecule has 0 spiro atoms. The van der Waals surface area contributed by atoms with Gasteiger partial charge in [-0.2, -0.15) is 0 Å². The molecular weight excluding hydrogens is 213 g/mol. The molecule has 1 N–H and O–H groups in total. The van der Waals surface area contributed by atoms with Crippen LogP contribution in [0.3, 0.4) is 0 Å². The predicted octanol–water partition coefficient (Wildman–Crippen LogP) is 0.734. The lowest BCUT2D eigenvalue weighted by Crippen LogP contribution is -2.52. The molecule has 1 heterocycles. The molecule has 0 aromatic carbocycles. The van der Waals surface area contributed by atoms with Crippen LogP contribution in [-0.2, 0) is 9.53 Å². The van der Waals surface area contributed by atoms with Crippen molar-refractivity contribution in [3.8, 4) is 0 Å². The average molecular weight is 233 g/mol. The van der Waals surface area contributed by atoms with E-state index in [9.17, 15) is 14.3 Å². The van der Waals surface area contributed by atoms with Crippen molar-refractivity contribution in [1.82, 2.24) is 4.90 Å². The minimum absolute atomic E-state index is 0.135. The number of carbonyl (C=O) groups is 1. The van der Waals surface area contributed by atoms with Crippen LogP contribution in [0.25, 0.3) is 0 Å². The highest BCUT2D eigenvalue weighted by atomic mass is 19.1. The van der Waals surface area contributed by atoms with Crippen molar-refractivity contribution in [1.29, 1.82) is 0 Å². The number of likely N-dealkylation sites (tertiary alicyclic amines) is 1. The molecule has 0 radical (unpaired) electrons. The second-order valence-corrected chi connectivity index (χ2v) is 4.15. The summed E-state index contributed by atoms with van der Waals surface area (Å²) in [5.41, 5.74) is -1.54. The van der Waals surface area contributed by atoms with Crippen LogP contribution in [0.5, 0.6) is 0 Å². The van der Waals surface area contributed by atoms with Crippen LogP contribution in [0.4, 0.5) is 4.39 Å². The van der Waals surface area contributed by atoms with Gasteiger partial charge in [-0.15, -0.1) is 0 Å². The summed E-state index contributed by atoms with van der Waals surface area (Å²) in [4.78, 5) is 13.3. The van der Waals surface area contributed by atoms with Crippen LogP contribution in [0.2, 0.25) is 0 Å². The highest BCUT2D eigenvalue weighted by molar-refractivity contribution is 5.76. The van der Waals surface area contributed by atoms with Crippen molar-refractivity contribution >= 4 is 5.97 Å². The third kappa shape index (κ3) is 2.92. The van der Waals surface area contributed by atoms with E-state index < -0.39 is 17.7 Å². The zero-order chi connectivity index (χ0) is 12.2. The van der Waals surface area contributed by atoms with E-state index in [0.717, 1.165) is 6.54 Å². The zero-order valence-electron chi connectivity index (χ0n) is 9.91. The molecule has 0 bridgehead atoms. The molecule has 5 heteroatoms. The lowest BCUT2D eigenvalue weighted by atomic mass is 9.87. The first kappa shape index (κ1) is 13.4. The van der Waals surface area contributed by atoms with Gasteiger partial charge in [0.05, 0.1) is 6.61 Å². The Labute approximate surface area is 95.4 Å². The fourth-order valence-electron chi connectivity index (χ4n) is 1.94. The molecule has 1 saturated heterocycles. The number of aliphatic hydroxyl groups is 1. The van der Waals surface area contributed by atoms with E-state index in [1.807, 2.05) is 6.92 Å². The molecule has 1 aliphatic rings. The molecule has 0 aromatic rings. The molecule has 16 heavy (non-hydrogen) atoms. The van der Waals surface area contributed by atoms with Gasteiger partial charge in [-0.1, -0.05) is 6.92 Å². The molecule has 4 nitrogen and oxygen atoms in total. The Bertz CT molecular complexity index is 239. The predicted molar refractivity (Wildman–Crippen MR) is 57.8 cm³/mol. The summed E-state index contributed by atoms with van der Waals surface area (Å²) in [5.74, 6) is -0.949. The summed E-state index contributed by atoms with van der Waals surface area (Å²) >= 11 is 0. The van der Waals surface area contributed by atoms with E-state index in [1.165, 1.54) is 0 Å². The molecular formula is C11H20FNO3. The minimum atomic E-state index is -1.92. The number of hydrogen-bond donors (Lipinski definition) is 1. The molecule has 1 aliphatic heterocycles. The second kappa shape index (κ2) is 5.59. The van der Waals surface area contributed by atoms with E-state index in [2.05, 4.69) is 9.64 Å². The highest BCUT2D eigenvalue weighted by Gasteiger charge is 2.44. The summed E-state index contributed by atoms with van der Waals surface area (Å²) in [6.45, 7) is 5.89. The van der Waals surface area contributed by atoms with Crippen LogP contribution in [0, 0.1) is 0 Å². The fraction of sp³-hybridized carbons (Fsp3) is 0.909. The second-order valence-electron chi connectivity index (χ2n) is 4.15. The maximum absolute atomic E-state index is 13.7. The third-order valence-electron chi connectivity index (χ3n) is 3.13. The Hall–Kier alpha value is -0.680. The molecule has 1 fully saturated rings. The maximum Gasteiger partial charge on any atom is 0.343 e. The maximum atomic E-state index is 13.7. The number of nitrogens with zero attached hydrogens (tertiary/aromatic N) is 1. The van der Waals surface area contributed by atoms with Crippen LogP contribution in [0.15, 0.2) is 0 Å². The first-order chi connectivity index (χ1) is 7.53. The van der Waals surface area contributed by atoms with Crippen molar-refractivity contribution in [3.63, 3.8) is 0 Å². The van der Waals surface area contributed by atoms with E-state index in [1.54, 1.807) is 6.92 Å². The fourth-order valence-corrected chi connectivity index (χ4v) is 1.94. The molecule has 94 valence electrons. The van der Waals surface area contributed by atoms with Gasteiger partial charge in [0.2, 0.25) is 6.17 Å². The number of hydrogen-bond acceptors (Lipinski definition) is 4. The van der Waals surface area contributed by atoms with Crippen LogP contribution in [0.1, 0.15) is 26.7 Å². The van der Waals surface area contributed by atoms with Gasteiger partial charge in [0.15, 0.2) is 0 Å². The molecule has 1 rings (SSSR count). The molecule has 0 saturated carbocycles. The summed E-state index contributed by atoms with van der Waals surface area (Å²) in [5, 5.41) is 10.0. The van der Waals surface area contributed by atoms with E-state index >= 15 is 0 Å². The van der Waals surface area contributed by atoms with Crippen LogP contribution in [-0.4, -0.2) is 54.0 Å². The van der Waals surface area contributed by atoms with Gasteiger partial charge in [-0.3, -0.25) is 0 Å². The number of piperidine rings is 1. The number of ether oxygens (including phenoxy) is 1. The van der Waals surface area contributed by atoms with Crippen LogP contribution < -0.4 is 0 Å². The number of carbonyl (C=O) groups excluding carboxylic acids is 1. The summed E-state index contributed by atoms with van der Waals surface area (Å²) in [6.07, 6.45) is -1.37. The number of alkyl halides is 1. The lowest BCUT2D eigenvalue weighted by Gasteiger charge is -2.38. The molecule has 1 unspecified atom stereocenters. The van der Waals surface area contributed by atoms with Gasteiger partial charge in [0.25, 0.3) is 0 Å². The van der Waals surface area contributed by atoms with Crippen molar-refractivity contribution < 1.29 is 19.0 Å². The minimum Gasteiger partial charge on any atom is -0.464 e. The first-order valence-corrected chi connectivity index (χ1v) is 5.79. The van der Waals surface area contributed by atoms with Gasteiger partial charge in [0, 0.05) is 13.1 Å². The Morgan fingerprint density at radius 1 is 1.50 bits per heavy atom. The van der Waals surface area contributed by atoms with Crippen molar-refractivity contribution in [3.05, 3.63) is 0 Å². The number of esters is 1. The normalized spacial score (nSPS) is 22.8. The largest absolute Gasteiger partial charge is 0.464 e. The number of rotatable bonds is 4. The van der Waals surface area contributed by atoms with Crippen molar-refractivity contribution in [2.24, 2.45) is 0 Å². The first-order valence-electron chi connectivity index (χ1n) is 5.79. The van der Waals surface area contributed by atoms with Crippen LogP contribution >= 0.6 is 0 Å². The Morgan fingerprint density at radius 2 is 2.06 bits per heavy atom. The molecule has 0 aliphatic carbocycles. The third-order valence-corrected chi connectivity index (χ3v) is 3.13. The van der Waals surface area contributed by atoms with Gasteiger partial charge in [-0.05, 0) is 26.3 Å². The summed E-state index contributed by atoms with van der Waals surface area (Å²) in [6, 6.07) is 0.